The summed E-state index contributed by atoms with van der Waals surface area (Å²) in [5.41, 5.74) is 2.54. The first-order valence-corrected chi connectivity index (χ1v) is 6.64. The zero-order valence-electron chi connectivity index (χ0n) is 12.4. The fourth-order valence-electron chi connectivity index (χ4n) is 1.81. The summed E-state index contributed by atoms with van der Waals surface area (Å²) in [6.07, 6.45) is 2.83. The summed E-state index contributed by atoms with van der Waals surface area (Å²) in [5.74, 6) is 0. The van der Waals surface area contributed by atoms with Crippen LogP contribution in [0.2, 0.25) is 0 Å². The Morgan fingerprint density at radius 3 is 2.62 bits per heavy atom. The Hall–Kier alpha value is -2.30. The second kappa shape index (κ2) is 6.00. The number of aromatic nitrogens is 1. The van der Waals surface area contributed by atoms with E-state index in [4.69, 9.17) is 12.6 Å². The van der Waals surface area contributed by atoms with E-state index in [0.29, 0.717) is 11.2 Å². The molecule has 106 valence electrons. The predicted molar refractivity (Wildman–Crippen MR) is 84.9 cm³/mol. The number of nitrogens with zero attached hydrogens (tertiary/aromatic N) is 1. The van der Waals surface area contributed by atoms with Gasteiger partial charge in [0.05, 0.1) is 0 Å². The Morgan fingerprint density at radius 2 is 1.95 bits per heavy atom. The molecule has 0 atom stereocenters. The second-order valence-electron chi connectivity index (χ2n) is 5.71. The molecule has 5 heteroatoms. The molecule has 0 spiro atoms. The monoisotopic (exact) mass is 280 g/mol. The molecule has 1 aromatic heterocycles. The SMILES string of the molecule is [B]c1cncc(-c2cccc(NC(=O)OC(C)(C)C)c2)c1. The highest BCUT2D eigenvalue weighted by Crippen LogP contribution is 2.21. The number of anilines is 1. The molecule has 0 aliphatic heterocycles. The maximum Gasteiger partial charge on any atom is 0.412 e. The largest absolute Gasteiger partial charge is 0.444 e. The molecule has 0 saturated carbocycles. The van der Waals surface area contributed by atoms with Gasteiger partial charge in [0.1, 0.15) is 13.4 Å². The lowest BCUT2D eigenvalue weighted by molar-refractivity contribution is 0.0636. The molecule has 0 fully saturated rings. The highest BCUT2D eigenvalue weighted by atomic mass is 16.6. The molecule has 21 heavy (non-hydrogen) atoms. The molecule has 0 bridgehead atoms. The highest BCUT2D eigenvalue weighted by Gasteiger charge is 2.16. The third kappa shape index (κ3) is 4.63. The zero-order chi connectivity index (χ0) is 15.5. The summed E-state index contributed by atoms with van der Waals surface area (Å²) >= 11 is 0. The van der Waals surface area contributed by atoms with Crippen LogP contribution in [0.15, 0.2) is 42.7 Å². The predicted octanol–water partition coefficient (Wildman–Crippen LogP) is 2.89. The van der Waals surface area contributed by atoms with E-state index in [9.17, 15) is 4.79 Å². The minimum atomic E-state index is -0.528. The normalized spacial score (nSPS) is 11.0. The van der Waals surface area contributed by atoms with E-state index in [1.165, 1.54) is 0 Å². The minimum absolute atomic E-state index is 0.481. The topological polar surface area (TPSA) is 51.2 Å². The first-order chi connectivity index (χ1) is 9.83. The molecule has 0 aliphatic rings. The van der Waals surface area contributed by atoms with Gasteiger partial charge >= 0.3 is 6.09 Å². The van der Waals surface area contributed by atoms with Crippen LogP contribution in [0.3, 0.4) is 0 Å². The maximum absolute atomic E-state index is 11.8. The van der Waals surface area contributed by atoms with Crippen molar-refractivity contribution in [2.75, 3.05) is 5.32 Å². The van der Waals surface area contributed by atoms with Crippen molar-refractivity contribution in [2.45, 2.75) is 26.4 Å². The van der Waals surface area contributed by atoms with Crippen LogP contribution < -0.4 is 10.8 Å². The molecule has 0 aliphatic carbocycles. The number of ether oxygens (including phenoxy) is 1. The van der Waals surface area contributed by atoms with Crippen LogP contribution in [0.4, 0.5) is 10.5 Å². The van der Waals surface area contributed by atoms with Crippen molar-refractivity contribution in [2.24, 2.45) is 0 Å². The number of rotatable bonds is 2. The summed E-state index contributed by atoms with van der Waals surface area (Å²) < 4.78 is 5.22. The van der Waals surface area contributed by atoms with E-state index < -0.39 is 11.7 Å². The van der Waals surface area contributed by atoms with Gasteiger partial charge in [0.25, 0.3) is 0 Å². The first-order valence-electron chi connectivity index (χ1n) is 6.64. The molecule has 2 radical (unpaired) electrons. The molecule has 2 aromatic rings. The third-order valence-electron chi connectivity index (χ3n) is 2.60. The summed E-state index contributed by atoms with van der Waals surface area (Å²) in [5, 5.41) is 2.71. The zero-order valence-corrected chi connectivity index (χ0v) is 12.4. The molecule has 1 N–H and O–H groups in total. The van der Waals surface area contributed by atoms with Gasteiger partial charge in [-0.05, 0) is 44.0 Å². The number of benzene rings is 1. The molecule has 0 unspecified atom stereocenters. The Balaban J connectivity index is 2.17. The quantitative estimate of drug-likeness (QED) is 0.860. The molecule has 0 saturated heterocycles. The van der Waals surface area contributed by atoms with Gasteiger partial charge in [0.15, 0.2) is 0 Å². The van der Waals surface area contributed by atoms with Crippen molar-refractivity contribution in [3.05, 3.63) is 42.7 Å². The average molecular weight is 280 g/mol. The van der Waals surface area contributed by atoms with Gasteiger partial charge in [-0.15, -0.1) is 0 Å². The molecule has 1 heterocycles. The van der Waals surface area contributed by atoms with Crippen molar-refractivity contribution < 1.29 is 9.53 Å². The summed E-state index contributed by atoms with van der Waals surface area (Å²) in [4.78, 5) is 15.8. The highest BCUT2D eigenvalue weighted by molar-refractivity contribution is 6.32. The van der Waals surface area contributed by atoms with E-state index in [-0.39, 0.29) is 0 Å². The number of hydrogen-bond donors (Lipinski definition) is 1. The van der Waals surface area contributed by atoms with Crippen LogP contribution in [-0.4, -0.2) is 24.5 Å². The van der Waals surface area contributed by atoms with Crippen molar-refractivity contribution in [3.63, 3.8) is 0 Å². The number of carbonyl (C=O) groups is 1. The van der Waals surface area contributed by atoms with Gasteiger partial charge in [-0.3, -0.25) is 10.3 Å². The lowest BCUT2D eigenvalue weighted by Gasteiger charge is -2.19. The first kappa shape index (κ1) is 15.1. The smallest absolute Gasteiger partial charge is 0.412 e. The molecule has 1 amide bonds. The fraction of sp³-hybridized carbons (Fsp3) is 0.250. The molecule has 4 nitrogen and oxygen atoms in total. The lowest BCUT2D eigenvalue weighted by atomic mass is 9.95. The fourth-order valence-corrected chi connectivity index (χ4v) is 1.81. The number of hydrogen-bond acceptors (Lipinski definition) is 3. The van der Waals surface area contributed by atoms with Crippen LogP contribution in [-0.2, 0) is 4.74 Å². The van der Waals surface area contributed by atoms with Crippen molar-refractivity contribution >= 4 is 25.1 Å². The second-order valence-corrected chi connectivity index (χ2v) is 5.71. The molecule has 1 aromatic carbocycles. The van der Waals surface area contributed by atoms with Crippen LogP contribution in [0, 0.1) is 0 Å². The van der Waals surface area contributed by atoms with E-state index in [1.54, 1.807) is 18.5 Å². The van der Waals surface area contributed by atoms with Crippen LogP contribution >= 0.6 is 0 Å². The Labute approximate surface area is 126 Å². The van der Waals surface area contributed by atoms with Crippen molar-refractivity contribution in [3.8, 4) is 11.1 Å². The number of nitrogens with one attached hydrogen (secondary N) is 1. The van der Waals surface area contributed by atoms with E-state index in [0.717, 1.165) is 11.1 Å². The average Bonchev–Trinajstić information content (AvgIpc) is 2.36. The van der Waals surface area contributed by atoms with Crippen molar-refractivity contribution in [1.29, 1.82) is 0 Å². The van der Waals surface area contributed by atoms with Crippen LogP contribution in [0.5, 0.6) is 0 Å². The van der Waals surface area contributed by atoms with E-state index >= 15 is 0 Å². The number of amides is 1. The van der Waals surface area contributed by atoms with Gasteiger partial charge in [-0.25, -0.2) is 4.79 Å². The molecular weight excluding hydrogens is 263 g/mol. The van der Waals surface area contributed by atoms with Gasteiger partial charge in [-0.2, -0.15) is 0 Å². The number of pyridine rings is 1. The van der Waals surface area contributed by atoms with Gasteiger partial charge < -0.3 is 4.74 Å². The molecule has 2 rings (SSSR count). The number of carbonyl (C=O) groups excluding carboxylic acids is 1. The van der Waals surface area contributed by atoms with Crippen molar-refractivity contribution in [1.82, 2.24) is 4.98 Å². The van der Waals surface area contributed by atoms with Crippen LogP contribution in [0.1, 0.15) is 20.8 Å². The van der Waals surface area contributed by atoms with Gasteiger partial charge in [-0.1, -0.05) is 23.7 Å². The van der Waals surface area contributed by atoms with Gasteiger partial charge in [0, 0.05) is 18.1 Å². The summed E-state index contributed by atoms with van der Waals surface area (Å²) in [6.45, 7) is 5.46. The van der Waals surface area contributed by atoms with Gasteiger partial charge in [0.2, 0.25) is 0 Å². The Kier molecular flexibility index (Phi) is 4.31. The summed E-state index contributed by atoms with van der Waals surface area (Å²) in [7, 11) is 5.73. The summed E-state index contributed by atoms with van der Waals surface area (Å²) in [6, 6.07) is 9.26. The van der Waals surface area contributed by atoms with Crippen LogP contribution in [0.25, 0.3) is 11.1 Å². The van der Waals surface area contributed by atoms with E-state index in [1.807, 2.05) is 45.0 Å². The molecular formula is C16H17BN2O2. The maximum atomic E-state index is 11.8. The van der Waals surface area contributed by atoms with E-state index in [2.05, 4.69) is 10.3 Å². The Morgan fingerprint density at radius 1 is 1.19 bits per heavy atom. The standard InChI is InChI=1S/C16H17BN2O2/c1-16(2,3)21-15(20)19-14-6-4-5-11(8-14)12-7-13(17)10-18-9-12/h4-10H,1-3H3,(H,19,20). The lowest BCUT2D eigenvalue weighted by Crippen LogP contribution is -2.27. The third-order valence-corrected chi connectivity index (χ3v) is 2.60. The minimum Gasteiger partial charge on any atom is -0.444 e. The Bertz CT molecular complexity index is 651.